The molecule has 0 radical (unpaired) electrons. The van der Waals surface area contributed by atoms with Gasteiger partial charge in [-0.3, -0.25) is 14.0 Å². The molecule has 0 saturated heterocycles. The monoisotopic (exact) mass is 287 g/mol. The quantitative estimate of drug-likeness (QED) is 0.846. The highest BCUT2D eigenvalue weighted by Gasteiger charge is 2.48. The van der Waals surface area contributed by atoms with Crippen molar-refractivity contribution in [3.63, 3.8) is 0 Å². The Labute approximate surface area is 121 Å². The summed E-state index contributed by atoms with van der Waals surface area (Å²) in [6.45, 7) is 3.77. The molecule has 6 nitrogen and oxygen atoms in total. The summed E-state index contributed by atoms with van der Waals surface area (Å²) in [5.41, 5.74) is -0.263. The third-order valence-corrected chi connectivity index (χ3v) is 4.38. The number of hydrogen-bond donors (Lipinski definition) is 2. The lowest BCUT2D eigenvalue weighted by Gasteiger charge is -2.49. The lowest BCUT2D eigenvalue weighted by Crippen LogP contribution is -2.61. The summed E-state index contributed by atoms with van der Waals surface area (Å²) in [5.74, 6) is -0.448. The summed E-state index contributed by atoms with van der Waals surface area (Å²) < 4.78 is 1.34. The summed E-state index contributed by atoms with van der Waals surface area (Å²) in [5, 5.41) is 12.5. The van der Waals surface area contributed by atoms with Crippen LogP contribution in [0.2, 0.25) is 0 Å². The highest BCUT2D eigenvalue weighted by Crippen LogP contribution is 2.40. The van der Waals surface area contributed by atoms with Crippen LogP contribution in [0.15, 0.2) is 35.4 Å². The first-order valence-electron chi connectivity index (χ1n) is 6.86. The zero-order valence-corrected chi connectivity index (χ0v) is 11.9. The van der Waals surface area contributed by atoms with E-state index in [4.69, 9.17) is 0 Å². The lowest BCUT2D eigenvalue weighted by atomic mass is 9.64. The van der Waals surface area contributed by atoms with Crippen molar-refractivity contribution in [2.45, 2.75) is 32.4 Å². The first-order chi connectivity index (χ1) is 9.91. The van der Waals surface area contributed by atoms with E-state index in [1.807, 2.05) is 13.8 Å². The van der Waals surface area contributed by atoms with Crippen LogP contribution in [-0.4, -0.2) is 32.5 Å². The van der Waals surface area contributed by atoms with Crippen molar-refractivity contribution in [3.05, 3.63) is 46.5 Å². The maximum absolute atomic E-state index is 12.3. The van der Waals surface area contributed by atoms with Crippen LogP contribution in [0.3, 0.4) is 0 Å². The molecule has 1 aliphatic rings. The van der Waals surface area contributed by atoms with Crippen molar-refractivity contribution in [2.75, 3.05) is 0 Å². The maximum atomic E-state index is 12.3. The second kappa shape index (κ2) is 4.66. The van der Waals surface area contributed by atoms with Crippen LogP contribution < -0.4 is 10.9 Å². The van der Waals surface area contributed by atoms with Gasteiger partial charge in [0.05, 0.1) is 6.10 Å². The SMILES string of the molecule is CC1(C)C(O)CC1NC(=O)c1cnc2ccccn2c1=O. The molecule has 0 aromatic carbocycles. The van der Waals surface area contributed by atoms with Crippen LogP contribution in [0.4, 0.5) is 0 Å². The van der Waals surface area contributed by atoms with E-state index in [9.17, 15) is 14.7 Å². The Balaban J connectivity index is 1.89. The molecule has 2 heterocycles. The molecule has 2 unspecified atom stereocenters. The minimum atomic E-state index is -0.448. The Hall–Kier alpha value is -2.21. The second-order valence-electron chi connectivity index (χ2n) is 6.00. The first kappa shape index (κ1) is 13.8. The topological polar surface area (TPSA) is 83.7 Å². The Bertz CT molecular complexity index is 766. The van der Waals surface area contributed by atoms with Gasteiger partial charge in [0, 0.05) is 23.9 Å². The van der Waals surface area contributed by atoms with E-state index in [1.54, 1.807) is 24.4 Å². The molecular formula is C15H17N3O3. The van der Waals surface area contributed by atoms with Gasteiger partial charge in [-0.05, 0) is 18.6 Å². The molecule has 2 aromatic rings. The van der Waals surface area contributed by atoms with Gasteiger partial charge in [-0.15, -0.1) is 0 Å². The number of nitrogens with one attached hydrogen (secondary N) is 1. The number of carbonyl (C=O) groups excluding carboxylic acids is 1. The molecule has 1 amide bonds. The van der Waals surface area contributed by atoms with E-state index in [2.05, 4.69) is 10.3 Å². The van der Waals surface area contributed by atoms with E-state index in [0.717, 1.165) is 0 Å². The van der Waals surface area contributed by atoms with E-state index in [1.165, 1.54) is 10.6 Å². The molecular weight excluding hydrogens is 270 g/mol. The standard InChI is InChI=1S/C15H17N3O3/c1-15(2)10(7-11(15)19)17-13(20)9-8-16-12-5-3-4-6-18(12)14(9)21/h3-6,8,10-11,19H,7H2,1-2H3,(H,17,20). The van der Waals surface area contributed by atoms with E-state index in [0.29, 0.717) is 12.1 Å². The van der Waals surface area contributed by atoms with Crippen molar-refractivity contribution in [1.82, 2.24) is 14.7 Å². The highest BCUT2D eigenvalue weighted by molar-refractivity contribution is 5.94. The van der Waals surface area contributed by atoms with Gasteiger partial charge in [-0.25, -0.2) is 4.98 Å². The fraction of sp³-hybridized carbons (Fsp3) is 0.400. The third kappa shape index (κ3) is 2.12. The van der Waals surface area contributed by atoms with E-state index in [-0.39, 0.29) is 17.0 Å². The largest absolute Gasteiger partial charge is 0.392 e. The number of aromatic nitrogens is 2. The van der Waals surface area contributed by atoms with Crippen LogP contribution >= 0.6 is 0 Å². The average molecular weight is 287 g/mol. The number of aliphatic hydroxyl groups excluding tert-OH is 1. The predicted molar refractivity (Wildman–Crippen MR) is 77.1 cm³/mol. The number of amides is 1. The molecule has 1 aliphatic carbocycles. The number of nitrogens with zero attached hydrogens (tertiary/aromatic N) is 2. The molecule has 2 atom stereocenters. The van der Waals surface area contributed by atoms with Crippen LogP contribution in [0.25, 0.3) is 5.65 Å². The summed E-state index contributed by atoms with van der Waals surface area (Å²) >= 11 is 0. The zero-order chi connectivity index (χ0) is 15.2. The van der Waals surface area contributed by atoms with Gasteiger partial charge in [0.15, 0.2) is 0 Å². The van der Waals surface area contributed by atoms with Crippen molar-refractivity contribution >= 4 is 11.6 Å². The molecule has 0 spiro atoms. The lowest BCUT2D eigenvalue weighted by molar-refractivity contribution is -0.0689. The molecule has 21 heavy (non-hydrogen) atoms. The minimum absolute atomic E-state index is 0.0101. The number of fused-ring (bicyclic) bond motifs is 1. The zero-order valence-electron chi connectivity index (χ0n) is 11.9. The van der Waals surface area contributed by atoms with Crippen molar-refractivity contribution in [3.8, 4) is 0 Å². The van der Waals surface area contributed by atoms with Gasteiger partial charge in [-0.2, -0.15) is 0 Å². The molecule has 0 aliphatic heterocycles. The van der Waals surface area contributed by atoms with Gasteiger partial charge in [0.2, 0.25) is 0 Å². The van der Waals surface area contributed by atoms with E-state index < -0.39 is 17.6 Å². The summed E-state index contributed by atoms with van der Waals surface area (Å²) in [6, 6.07) is 5.05. The Morgan fingerprint density at radius 3 is 2.90 bits per heavy atom. The van der Waals surface area contributed by atoms with Crippen LogP contribution in [0, 0.1) is 5.41 Å². The number of pyridine rings is 1. The molecule has 1 fully saturated rings. The van der Waals surface area contributed by atoms with Gasteiger partial charge in [0.25, 0.3) is 11.5 Å². The van der Waals surface area contributed by atoms with Crippen molar-refractivity contribution in [2.24, 2.45) is 5.41 Å². The van der Waals surface area contributed by atoms with E-state index >= 15 is 0 Å². The fourth-order valence-corrected chi connectivity index (χ4v) is 2.57. The second-order valence-corrected chi connectivity index (χ2v) is 6.00. The molecule has 3 rings (SSSR count). The Kier molecular flexibility index (Phi) is 3.06. The Morgan fingerprint density at radius 2 is 2.24 bits per heavy atom. The molecule has 6 heteroatoms. The van der Waals surface area contributed by atoms with Crippen LogP contribution in [-0.2, 0) is 0 Å². The Morgan fingerprint density at radius 1 is 1.48 bits per heavy atom. The van der Waals surface area contributed by atoms with Gasteiger partial charge in [-0.1, -0.05) is 19.9 Å². The van der Waals surface area contributed by atoms with Crippen LogP contribution in [0.5, 0.6) is 0 Å². The normalized spacial score (nSPS) is 23.6. The fourth-order valence-electron chi connectivity index (χ4n) is 2.57. The summed E-state index contributed by atoms with van der Waals surface area (Å²) in [6.07, 6.45) is 2.95. The molecule has 1 saturated carbocycles. The molecule has 2 N–H and O–H groups in total. The third-order valence-electron chi connectivity index (χ3n) is 4.38. The highest BCUT2D eigenvalue weighted by atomic mass is 16.3. The molecule has 0 bridgehead atoms. The molecule has 2 aromatic heterocycles. The van der Waals surface area contributed by atoms with Gasteiger partial charge < -0.3 is 10.4 Å². The van der Waals surface area contributed by atoms with Crippen molar-refractivity contribution in [1.29, 1.82) is 0 Å². The van der Waals surface area contributed by atoms with Crippen molar-refractivity contribution < 1.29 is 9.90 Å². The smallest absolute Gasteiger partial charge is 0.270 e. The number of hydrogen-bond acceptors (Lipinski definition) is 4. The predicted octanol–water partition coefficient (Wildman–Crippen LogP) is 0.584. The maximum Gasteiger partial charge on any atom is 0.270 e. The first-order valence-corrected chi connectivity index (χ1v) is 6.86. The van der Waals surface area contributed by atoms with Gasteiger partial charge in [0.1, 0.15) is 11.2 Å². The van der Waals surface area contributed by atoms with Gasteiger partial charge >= 0.3 is 0 Å². The number of aliphatic hydroxyl groups is 1. The number of rotatable bonds is 2. The molecule has 110 valence electrons. The summed E-state index contributed by atoms with van der Waals surface area (Å²) in [7, 11) is 0. The number of carbonyl (C=O) groups is 1. The summed E-state index contributed by atoms with van der Waals surface area (Å²) in [4.78, 5) is 28.7. The average Bonchev–Trinajstić information content (AvgIpc) is 2.47. The minimum Gasteiger partial charge on any atom is -0.392 e. The van der Waals surface area contributed by atoms with Crippen LogP contribution in [0.1, 0.15) is 30.6 Å².